The number of aryl methyl sites for hydroxylation is 2. The first-order valence-corrected chi connectivity index (χ1v) is 10.4. The topological polar surface area (TPSA) is 61.4 Å². The highest BCUT2D eigenvalue weighted by Crippen LogP contribution is 2.29. The van der Waals surface area contributed by atoms with Crippen LogP contribution < -0.4 is 10.2 Å². The van der Waals surface area contributed by atoms with E-state index in [1.807, 2.05) is 30.0 Å². The van der Waals surface area contributed by atoms with E-state index < -0.39 is 0 Å². The molecule has 3 heterocycles. The first kappa shape index (κ1) is 18.7. The fraction of sp³-hybridized carbons (Fsp3) is 0.500. The van der Waals surface area contributed by atoms with E-state index in [1.54, 1.807) is 0 Å². The number of fused-ring (bicyclic) bond motifs is 1. The maximum absolute atomic E-state index is 12.9. The summed E-state index contributed by atoms with van der Waals surface area (Å²) in [5.74, 6) is 1.86. The van der Waals surface area contributed by atoms with Gasteiger partial charge in [-0.1, -0.05) is 19.1 Å². The molecule has 0 radical (unpaired) electrons. The third kappa shape index (κ3) is 3.96. The number of urea groups is 1. The van der Waals surface area contributed by atoms with Gasteiger partial charge in [0.05, 0.1) is 12.2 Å². The van der Waals surface area contributed by atoms with Crippen LogP contribution in [0.5, 0.6) is 0 Å². The summed E-state index contributed by atoms with van der Waals surface area (Å²) < 4.78 is 0. The molecule has 2 aromatic rings. The van der Waals surface area contributed by atoms with Crippen LogP contribution in [0.1, 0.15) is 48.8 Å². The van der Waals surface area contributed by atoms with Gasteiger partial charge in [0.15, 0.2) is 0 Å². The Morgan fingerprint density at radius 3 is 2.75 bits per heavy atom. The Morgan fingerprint density at radius 2 is 1.96 bits per heavy atom. The van der Waals surface area contributed by atoms with Crippen molar-refractivity contribution in [1.29, 1.82) is 0 Å². The molecular weight excluding hydrogens is 350 g/mol. The molecule has 1 fully saturated rings. The molecule has 0 saturated carbocycles. The molecule has 0 bridgehead atoms. The Labute approximate surface area is 167 Å². The quantitative estimate of drug-likeness (QED) is 0.878. The minimum absolute atomic E-state index is 0.0518. The summed E-state index contributed by atoms with van der Waals surface area (Å²) in [7, 11) is 0. The van der Waals surface area contributed by atoms with Crippen molar-refractivity contribution in [2.45, 2.75) is 52.5 Å². The van der Waals surface area contributed by atoms with E-state index in [-0.39, 0.29) is 6.03 Å². The summed E-state index contributed by atoms with van der Waals surface area (Å²) in [5.41, 5.74) is 4.30. The molecule has 2 amide bonds. The maximum atomic E-state index is 12.9. The summed E-state index contributed by atoms with van der Waals surface area (Å²) in [4.78, 5) is 26.6. The van der Waals surface area contributed by atoms with Crippen LogP contribution in [0.4, 0.5) is 16.3 Å². The zero-order chi connectivity index (χ0) is 19.5. The molecule has 0 unspecified atom stereocenters. The van der Waals surface area contributed by atoms with E-state index in [9.17, 15) is 4.79 Å². The van der Waals surface area contributed by atoms with Crippen LogP contribution in [0, 0.1) is 6.92 Å². The van der Waals surface area contributed by atoms with E-state index in [1.165, 1.54) is 24.8 Å². The van der Waals surface area contributed by atoms with Crippen molar-refractivity contribution in [2.75, 3.05) is 29.9 Å². The van der Waals surface area contributed by atoms with Gasteiger partial charge in [0.1, 0.15) is 11.6 Å². The van der Waals surface area contributed by atoms with Crippen LogP contribution in [0.15, 0.2) is 24.3 Å². The number of nitrogens with one attached hydrogen (secondary N) is 1. The monoisotopic (exact) mass is 379 g/mol. The number of benzene rings is 1. The van der Waals surface area contributed by atoms with Crippen molar-refractivity contribution >= 4 is 17.5 Å². The second-order valence-corrected chi connectivity index (χ2v) is 7.72. The molecular formula is C22H29N5O. The minimum Gasteiger partial charge on any atom is -0.356 e. The van der Waals surface area contributed by atoms with Crippen molar-refractivity contribution in [3.05, 3.63) is 46.9 Å². The molecule has 6 heteroatoms. The lowest BCUT2D eigenvalue weighted by Crippen LogP contribution is -2.41. The molecule has 28 heavy (non-hydrogen) atoms. The van der Waals surface area contributed by atoms with Crippen LogP contribution >= 0.6 is 0 Å². The molecule has 148 valence electrons. The van der Waals surface area contributed by atoms with Crippen molar-refractivity contribution in [1.82, 2.24) is 14.9 Å². The van der Waals surface area contributed by atoms with E-state index in [0.29, 0.717) is 13.1 Å². The number of rotatable bonds is 3. The number of amides is 2. The van der Waals surface area contributed by atoms with Gasteiger partial charge in [-0.2, -0.15) is 0 Å². The Hall–Kier alpha value is -2.63. The highest BCUT2D eigenvalue weighted by Gasteiger charge is 2.27. The molecule has 1 aromatic carbocycles. The minimum atomic E-state index is -0.0518. The number of carbonyl (C=O) groups excluding carboxylic acids is 1. The Balaban J connectivity index is 1.54. The largest absolute Gasteiger partial charge is 0.356 e. The van der Waals surface area contributed by atoms with Gasteiger partial charge >= 0.3 is 6.03 Å². The van der Waals surface area contributed by atoms with Gasteiger partial charge in [-0.05, 0) is 50.3 Å². The van der Waals surface area contributed by atoms with Crippen LogP contribution in [0.3, 0.4) is 0 Å². The highest BCUT2D eigenvalue weighted by atomic mass is 16.2. The molecule has 0 aliphatic carbocycles. The average Bonchev–Trinajstić information content (AvgIpc) is 2.73. The summed E-state index contributed by atoms with van der Waals surface area (Å²) >= 11 is 0. The van der Waals surface area contributed by atoms with Crippen LogP contribution in [-0.4, -0.2) is 40.5 Å². The number of carbonyl (C=O) groups is 1. The molecule has 0 spiro atoms. The van der Waals surface area contributed by atoms with Crippen molar-refractivity contribution < 1.29 is 4.79 Å². The van der Waals surface area contributed by atoms with Crippen LogP contribution in [0.2, 0.25) is 0 Å². The number of hydrogen-bond acceptors (Lipinski definition) is 4. The van der Waals surface area contributed by atoms with Crippen molar-refractivity contribution in [3.63, 3.8) is 0 Å². The zero-order valence-corrected chi connectivity index (χ0v) is 16.9. The molecule has 1 N–H and O–H groups in total. The number of nitrogens with zero attached hydrogens (tertiary/aromatic N) is 4. The lowest BCUT2D eigenvalue weighted by Gasteiger charge is -2.34. The molecule has 4 rings (SSSR count). The molecule has 2 aliphatic heterocycles. The summed E-state index contributed by atoms with van der Waals surface area (Å²) in [6.45, 7) is 7.42. The zero-order valence-electron chi connectivity index (χ0n) is 16.9. The molecule has 6 nitrogen and oxygen atoms in total. The Bertz CT molecular complexity index is 860. The maximum Gasteiger partial charge on any atom is 0.322 e. The number of piperidine rings is 1. The molecule has 1 saturated heterocycles. The smallest absolute Gasteiger partial charge is 0.322 e. The highest BCUT2D eigenvalue weighted by molar-refractivity contribution is 5.89. The molecule has 0 atom stereocenters. The third-order valence-electron chi connectivity index (χ3n) is 5.68. The Morgan fingerprint density at radius 1 is 1.14 bits per heavy atom. The van der Waals surface area contributed by atoms with Gasteiger partial charge in [-0.3, -0.25) is 0 Å². The summed E-state index contributed by atoms with van der Waals surface area (Å²) in [6, 6.07) is 8.01. The van der Waals surface area contributed by atoms with Gasteiger partial charge in [0.2, 0.25) is 0 Å². The normalized spacial score (nSPS) is 16.6. The number of anilines is 2. The second-order valence-electron chi connectivity index (χ2n) is 7.72. The van der Waals surface area contributed by atoms with Crippen molar-refractivity contribution in [2.24, 2.45) is 0 Å². The van der Waals surface area contributed by atoms with Gasteiger partial charge < -0.3 is 15.1 Å². The third-order valence-corrected chi connectivity index (χ3v) is 5.68. The molecule has 1 aromatic heterocycles. The van der Waals surface area contributed by atoms with Gasteiger partial charge in [-0.25, -0.2) is 14.8 Å². The fourth-order valence-corrected chi connectivity index (χ4v) is 4.13. The van der Waals surface area contributed by atoms with E-state index in [0.717, 1.165) is 54.5 Å². The van der Waals surface area contributed by atoms with E-state index in [4.69, 9.17) is 4.98 Å². The number of hydrogen-bond donors (Lipinski definition) is 1. The predicted octanol–water partition coefficient (Wildman–Crippen LogP) is 3.93. The Kier molecular flexibility index (Phi) is 5.46. The van der Waals surface area contributed by atoms with Crippen molar-refractivity contribution in [3.8, 4) is 0 Å². The first-order chi connectivity index (χ1) is 13.6. The average molecular weight is 380 g/mol. The van der Waals surface area contributed by atoms with E-state index >= 15 is 0 Å². The van der Waals surface area contributed by atoms with Gasteiger partial charge in [0, 0.05) is 37.3 Å². The fourth-order valence-electron chi connectivity index (χ4n) is 4.13. The van der Waals surface area contributed by atoms with Crippen LogP contribution in [-0.2, 0) is 19.4 Å². The summed E-state index contributed by atoms with van der Waals surface area (Å²) in [6.07, 6.45) is 5.43. The van der Waals surface area contributed by atoms with E-state index in [2.05, 4.69) is 28.2 Å². The van der Waals surface area contributed by atoms with Gasteiger partial charge in [-0.15, -0.1) is 0 Å². The lowest BCUT2D eigenvalue weighted by atomic mass is 10.0. The first-order valence-electron chi connectivity index (χ1n) is 10.4. The standard InChI is InChI=1S/C22H29N5O/c1-3-17-8-7-9-18(14-17)25-22(28)27-13-10-20-19(15-27)21(24-16(2)23-20)26-11-5-4-6-12-26/h7-9,14H,3-6,10-13,15H2,1-2H3,(H,25,28). The number of aromatic nitrogens is 2. The SMILES string of the molecule is CCc1cccc(NC(=O)N2CCc3nc(C)nc(N4CCCCC4)c3C2)c1. The summed E-state index contributed by atoms with van der Waals surface area (Å²) in [5, 5.41) is 3.06. The van der Waals surface area contributed by atoms with Gasteiger partial charge in [0.25, 0.3) is 0 Å². The lowest BCUT2D eigenvalue weighted by molar-refractivity contribution is 0.206. The molecule has 2 aliphatic rings. The van der Waals surface area contributed by atoms with Crippen LogP contribution in [0.25, 0.3) is 0 Å². The predicted molar refractivity (Wildman–Crippen MR) is 112 cm³/mol. The second kappa shape index (κ2) is 8.17.